The molecule has 1 N–H and O–H groups in total. The number of aromatic nitrogens is 2. The van der Waals surface area contributed by atoms with Crippen molar-refractivity contribution in [3.8, 4) is 6.07 Å². The van der Waals surface area contributed by atoms with Gasteiger partial charge in [0, 0.05) is 46.5 Å². The minimum Gasteiger partial charge on any atom is -0.344 e. The highest BCUT2D eigenvalue weighted by Crippen LogP contribution is 2.39. The molecule has 0 atom stereocenters. The van der Waals surface area contributed by atoms with Crippen LogP contribution in [-0.4, -0.2) is 9.55 Å². The van der Waals surface area contributed by atoms with E-state index in [2.05, 4.69) is 15.6 Å². The van der Waals surface area contributed by atoms with Gasteiger partial charge in [0.2, 0.25) is 5.56 Å². The standard InChI is InChI=1S/C25H30F3N3O/c1-3-20-17(2)23-21(31(20)15-11-9-7-5-4-6-8-10-14-29)13-12-19-24(23)18(25(26,27)28)16-22(32)30-19/h12-13,16H,3-11,15H2,1-2H3,(H,30,32). The summed E-state index contributed by atoms with van der Waals surface area (Å²) >= 11 is 0. The number of rotatable bonds is 10. The minimum absolute atomic E-state index is 0.0814. The second-order valence-electron chi connectivity index (χ2n) is 8.39. The third-order valence-corrected chi connectivity index (χ3v) is 6.22. The van der Waals surface area contributed by atoms with Crippen molar-refractivity contribution in [2.24, 2.45) is 0 Å². The molecule has 0 saturated heterocycles. The molecule has 0 unspecified atom stereocenters. The van der Waals surface area contributed by atoms with Gasteiger partial charge in [-0.05, 0) is 43.9 Å². The van der Waals surface area contributed by atoms with E-state index in [1.54, 1.807) is 6.07 Å². The summed E-state index contributed by atoms with van der Waals surface area (Å²) in [4.78, 5) is 14.4. The summed E-state index contributed by atoms with van der Waals surface area (Å²) in [6.07, 6.45) is 4.23. The van der Waals surface area contributed by atoms with E-state index >= 15 is 0 Å². The summed E-state index contributed by atoms with van der Waals surface area (Å²) in [6, 6.07) is 6.25. The number of nitrogens with zero attached hydrogens (tertiary/aromatic N) is 2. The van der Waals surface area contributed by atoms with Crippen LogP contribution >= 0.6 is 0 Å². The first-order chi connectivity index (χ1) is 15.3. The highest BCUT2D eigenvalue weighted by atomic mass is 19.4. The number of nitriles is 1. The van der Waals surface area contributed by atoms with Crippen LogP contribution in [0, 0.1) is 18.3 Å². The Morgan fingerprint density at radius 2 is 1.69 bits per heavy atom. The maximum absolute atomic E-state index is 13.8. The molecule has 0 radical (unpaired) electrons. The summed E-state index contributed by atoms with van der Waals surface area (Å²) in [5.41, 5.74) is 1.29. The Labute approximate surface area is 186 Å². The molecule has 0 aliphatic heterocycles. The lowest BCUT2D eigenvalue weighted by Gasteiger charge is -2.12. The van der Waals surface area contributed by atoms with Crippen molar-refractivity contribution in [2.45, 2.75) is 84.4 Å². The number of H-pyrrole nitrogens is 1. The predicted octanol–water partition coefficient (Wildman–Crippen LogP) is 7.02. The molecular weight excluding hydrogens is 415 g/mol. The average molecular weight is 446 g/mol. The van der Waals surface area contributed by atoms with Crippen LogP contribution in [0.4, 0.5) is 13.2 Å². The van der Waals surface area contributed by atoms with Gasteiger partial charge in [-0.3, -0.25) is 4.79 Å². The van der Waals surface area contributed by atoms with Crippen molar-refractivity contribution >= 4 is 21.8 Å². The first-order valence-corrected chi connectivity index (χ1v) is 11.4. The van der Waals surface area contributed by atoms with Gasteiger partial charge in [0.25, 0.3) is 0 Å². The number of alkyl halides is 3. The van der Waals surface area contributed by atoms with Crippen molar-refractivity contribution in [3.63, 3.8) is 0 Å². The summed E-state index contributed by atoms with van der Waals surface area (Å²) in [5, 5.41) is 9.23. The fraction of sp³-hybridized carbons (Fsp3) is 0.520. The zero-order valence-electron chi connectivity index (χ0n) is 18.7. The number of hydrogen-bond acceptors (Lipinski definition) is 2. The highest BCUT2D eigenvalue weighted by molar-refractivity contribution is 6.09. The largest absolute Gasteiger partial charge is 0.417 e. The summed E-state index contributed by atoms with van der Waals surface area (Å²) in [5.74, 6) is 0. The normalized spacial score (nSPS) is 12.0. The Hall–Kier alpha value is -2.75. The Kier molecular flexibility index (Phi) is 7.65. The molecule has 0 bridgehead atoms. The average Bonchev–Trinajstić information content (AvgIpc) is 3.02. The van der Waals surface area contributed by atoms with Gasteiger partial charge in [-0.1, -0.05) is 39.0 Å². The number of fused-ring (bicyclic) bond motifs is 3. The number of hydrogen-bond donors (Lipinski definition) is 1. The van der Waals surface area contributed by atoms with Crippen LogP contribution in [0.5, 0.6) is 0 Å². The number of halogens is 3. The van der Waals surface area contributed by atoms with E-state index in [1.807, 2.05) is 19.9 Å². The predicted molar refractivity (Wildman–Crippen MR) is 122 cm³/mol. The van der Waals surface area contributed by atoms with Gasteiger partial charge in [-0.15, -0.1) is 0 Å². The monoisotopic (exact) mass is 445 g/mol. The van der Waals surface area contributed by atoms with Crippen LogP contribution in [0.3, 0.4) is 0 Å². The Bertz CT molecular complexity index is 1180. The van der Waals surface area contributed by atoms with Crippen molar-refractivity contribution in [1.82, 2.24) is 9.55 Å². The molecule has 172 valence electrons. The molecule has 2 aromatic heterocycles. The molecule has 32 heavy (non-hydrogen) atoms. The number of unbranched alkanes of at least 4 members (excludes halogenated alkanes) is 7. The lowest BCUT2D eigenvalue weighted by Crippen LogP contribution is -2.14. The topological polar surface area (TPSA) is 61.6 Å². The van der Waals surface area contributed by atoms with Gasteiger partial charge in [-0.2, -0.15) is 18.4 Å². The van der Waals surface area contributed by atoms with Gasteiger partial charge in [0.05, 0.1) is 11.6 Å². The zero-order chi connectivity index (χ0) is 23.3. The van der Waals surface area contributed by atoms with Gasteiger partial charge in [0.1, 0.15) is 0 Å². The molecule has 1 aromatic carbocycles. The van der Waals surface area contributed by atoms with E-state index < -0.39 is 17.3 Å². The fourth-order valence-corrected chi connectivity index (χ4v) is 4.74. The van der Waals surface area contributed by atoms with Crippen LogP contribution < -0.4 is 5.56 Å². The Balaban J connectivity index is 1.88. The van der Waals surface area contributed by atoms with Gasteiger partial charge in [0.15, 0.2) is 0 Å². The summed E-state index contributed by atoms with van der Waals surface area (Å²) in [6.45, 7) is 4.66. The lowest BCUT2D eigenvalue weighted by atomic mass is 10.0. The van der Waals surface area contributed by atoms with Crippen LogP contribution in [0.25, 0.3) is 21.8 Å². The maximum atomic E-state index is 13.8. The smallest absolute Gasteiger partial charge is 0.344 e. The van der Waals surface area contributed by atoms with E-state index in [0.29, 0.717) is 17.9 Å². The summed E-state index contributed by atoms with van der Waals surface area (Å²) in [7, 11) is 0. The third kappa shape index (κ3) is 5.01. The highest BCUT2D eigenvalue weighted by Gasteiger charge is 2.34. The Morgan fingerprint density at radius 3 is 2.31 bits per heavy atom. The van der Waals surface area contributed by atoms with Crippen molar-refractivity contribution < 1.29 is 13.2 Å². The van der Waals surface area contributed by atoms with E-state index in [-0.39, 0.29) is 10.9 Å². The number of pyridine rings is 1. The molecule has 4 nitrogen and oxygen atoms in total. The quantitative estimate of drug-likeness (QED) is 0.341. The van der Waals surface area contributed by atoms with Gasteiger partial charge >= 0.3 is 6.18 Å². The SMILES string of the molecule is CCc1c(C)c2c3c(C(F)(F)F)cc(=O)[nH]c3ccc2n1CCCCCCCCCC#N. The van der Waals surface area contributed by atoms with Crippen LogP contribution in [0.15, 0.2) is 23.0 Å². The molecule has 0 amide bonds. The van der Waals surface area contributed by atoms with Gasteiger partial charge < -0.3 is 9.55 Å². The van der Waals surface area contributed by atoms with E-state index in [4.69, 9.17) is 5.26 Å². The number of benzene rings is 1. The van der Waals surface area contributed by atoms with E-state index in [1.165, 1.54) is 0 Å². The zero-order valence-corrected chi connectivity index (χ0v) is 18.7. The number of nitrogens with one attached hydrogen (secondary N) is 1. The van der Waals surface area contributed by atoms with Crippen molar-refractivity contribution in [1.29, 1.82) is 5.26 Å². The first kappa shape index (κ1) is 23.9. The molecule has 2 heterocycles. The molecule has 7 heteroatoms. The molecule has 3 aromatic rings. The van der Waals surface area contributed by atoms with E-state index in [9.17, 15) is 18.0 Å². The molecular formula is C25H30F3N3O. The number of aromatic amines is 1. The molecule has 3 rings (SSSR count). The molecule has 0 fully saturated rings. The minimum atomic E-state index is -4.60. The number of aryl methyl sites for hydroxylation is 2. The molecule has 0 aliphatic rings. The molecule has 0 spiro atoms. The van der Waals surface area contributed by atoms with Crippen molar-refractivity contribution in [3.05, 3.63) is 45.4 Å². The van der Waals surface area contributed by atoms with Crippen LogP contribution in [0.2, 0.25) is 0 Å². The Morgan fingerprint density at radius 1 is 1.03 bits per heavy atom. The molecule has 0 aliphatic carbocycles. The first-order valence-electron chi connectivity index (χ1n) is 11.4. The third-order valence-electron chi connectivity index (χ3n) is 6.22. The summed E-state index contributed by atoms with van der Waals surface area (Å²) < 4.78 is 43.5. The fourth-order valence-electron chi connectivity index (χ4n) is 4.74. The lowest BCUT2D eigenvalue weighted by molar-refractivity contribution is -0.136. The second kappa shape index (κ2) is 10.2. The molecule has 0 saturated carbocycles. The van der Waals surface area contributed by atoms with Crippen LogP contribution in [-0.2, 0) is 19.1 Å². The van der Waals surface area contributed by atoms with Crippen molar-refractivity contribution in [2.75, 3.05) is 0 Å². The maximum Gasteiger partial charge on any atom is 0.417 e. The van der Waals surface area contributed by atoms with E-state index in [0.717, 1.165) is 74.7 Å². The second-order valence-corrected chi connectivity index (χ2v) is 8.39. The van der Waals surface area contributed by atoms with Crippen LogP contribution in [0.1, 0.15) is 75.1 Å². The van der Waals surface area contributed by atoms with Gasteiger partial charge in [-0.25, -0.2) is 0 Å².